The van der Waals surface area contributed by atoms with Crippen LogP contribution in [0.5, 0.6) is 0 Å². The van der Waals surface area contributed by atoms with Gasteiger partial charge in [-0.3, -0.25) is 4.90 Å². The fraction of sp³-hybridized carbons (Fsp3) is 0.909. The highest BCUT2D eigenvalue weighted by Gasteiger charge is 2.70. The summed E-state index contributed by atoms with van der Waals surface area (Å²) in [6.45, 7) is 12.2. The van der Waals surface area contributed by atoms with Crippen LogP contribution in [0.1, 0.15) is 117 Å². The molecule has 12 nitrogen and oxygen atoms in total. The predicted octanol–water partition coefficient (Wildman–Crippen LogP) is 5.19. The molecule has 9 rings (SSSR count). The molecule has 1 aromatic heterocycles. The van der Waals surface area contributed by atoms with E-state index in [0.29, 0.717) is 24.8 Å². The SMILES string of the molecule is CC1CN(C2CSC2)CCC(O[C@H]2[C@@H](O)C[C@H](O[C@H]3[C@@H](O)C[C@H](O[C@H]4CC[C@@]5(C)[C@H](CC[C@@H]6[C@@H]5C[C@@H](O)[C@]5(C)[C@@H](c7ccoc7)CC[C@]65O)C4)O[C@@H]3C)O[C@@H]2C)O1. The maximum absolute atomic E-state index is 12.6. The Labute approximate surface area is 343 Å². The quantitative estimate of drug-likeness (QED) is 0.255. The lowest BCUT2D eigenvalue weighted by Crippen LogP contribution is -2.66. The Morgan fingerprint density at radius 2 is 1.47 bits per heavy atom. The number of ether oxygens (including phenoxy) is 6. The van der Waals surface area contributed by atoms with E-state index < -0.39 is 72.6 Å². The first-order valence-corrected chi connectivity index (χ1v) is 23.5. The summed E-state index contributed by atoms with van der Waals surface area (Å²) in [6, 6.07) is 2.62. The normalized spacial score (nSPS) is 52.3. The molecule has 4 N–H and O–H groups in total. The molecular weight excluding hydrogens is 751 g/mol. The zero-order valence-electron chi connectivity index (χ0n) is 34.7. The largest absolute Gasteiger partial charge is 0.472 e. The molecule has 4 saturated heterocycles. The molecule has 0 aromatic carbocycles. The smallest absolute Gasteiger partial charge is 0.161 e. The van der Waals surface area contributed by atoms with E-state index in [-0.39, 0.29) is 48.2 Å². The van der Waals surface area contributed by atoms with Crippen molar-refractivity contribution in [1.82, 2.24) is 4.90 Å². The number of hydrogen-bond donors (Lipinski definition) is 4. The highest BCUT2D eigenvalue weighted by atomic mass is 32.2. The third kappa shape index (κ3) is 7.41. The molecule has 57 heavy (non-hydrogen) atoms. The second-order valence-electron chi connectivity index (χ2n) is 19.8. The minimum Gasteiger partial charge on any atom is -0.472 e. The van der Waals surface area contributed by atoms with Crippen LogP contribution < -0.4 is 0 Å². The van der Waals surface area contributed by atoms with E-state index in [4.69, 9.17) is 32.8 Å². The van der Waals surface area contributed by atoms with Crippen LogP contribution in [0.2, 0.25) is 0 Å². The van der Waals surface area contributed by atoms with Crippen molar-refractivity contribution in [2.45, 2.75) is 197 Å². The van der Waals surface area contributed by atoms with Gasteiger partial charge >= 0.3 is 0 Å². The van der Waals surface area contributed by atoms with Crippen molar-refractivity contribution < 1.29 is 53.3 Å². The van der Waals surface area contributed by atoms with Gasteiger partial charge in [0, 0.05) is 55.3 Å². The molecule has 2 unspecified atom stereocenters. The molecule has 0 radical (unpaired) electrons. The number of rotatable bonds is 8. The second-order valence-corrected chi connectivity index (χ2v) is 20.9. The van der Waals surface area contributed by atoms with Crippen LogP contribution in [-0.2, 0) is 28.4 Å². The van der Waals surface area contributed by atoms with E-state index >= 15 is 0 Å². The van der Waals surface area contributed by atoms with Gasteiger partial charge in [-0.15, -0.1) is 0 Å². The van der Waals surface area contributed by atoms with Gasteiger partial charge in [0.1, 0.15) is 12.2 Å². The van der Waals surface area contributed by atoms with Gasteiger partial charge in [0.2, 0.25) is 0 Å². The van der Waals surface area contributed by atoms with Gasteiger partial charge in [-0.2, -0.15) is 11.8 Å². The molecule has 4 aliphatic carbocycles. The first-order valence-electron chi connectivity index (χ1n) is 22.3. The van der Waals surface area contributed by atoms with Crippen LogP contribution >= 0.6 is 11.8 Å². The fourth-order valence-corrected chi connectivity index (χ4v) is 14.3. The minimum atomic E-state index is -0.910. The van der Waals surface area contributed by atoms with Crippen LogP contribution in [0.15, 0.2) is 23.0 Å². The fourth-order valence-electron chi connectivity index (χ4n) is 13.4. The van der Waals surface area contributed by atoms with Gasteiger partial charge in [-0.1, -0.05) is 13.8 Å². The monoisotopic (exact) mass is 819 g/mol. The van der Waals surface area contributed by atoms with E-state index in [9.17, 15) is 20.4 Å². The van der Waals surface area contributed by atoms with Gasteiger partial charge < -0.3 is 53.3 Å². The first-order chi connectivity index (χ1) is 27.3. The molecule has 0 bridgehead atoms. The number of fused-ring (bicyclic) bond motifs is 5. The maximum atomic E-state index is 12.6. The minimum absolute atomic E-state index is 0.00984. The van der Waals surface area contributed by atoms with Gasteiger partial charge in [0.25, 0.3) is 0 Å². The molecular formula is C44H69NO11S. The van der Waals surface area contributed by atoms with Gasteiger partial charge in [-0.05, 0) is 113 Å². The Morgan fingerprint density at radius 1 is 0.772 bits per heavy atom. The zero-order valence-corrected chi connectivity index (χ0v) is 35.5. The summed E-state index contributed by atoms with van der Waals surface area (Å²) in [4.78, 5) is 2.51. The van der Waals surface area contributed by atoms with Crippen molar-refractivity contribution in [2.24, 2.45) is 28.6 Å². The van der Waals surface area contributed by atoms with E-state index in [1.54, 1.807) is 12.5 Å². The highest BCUT2D eigenvalue weighted by molar-refractivity contribution is 8.00. The Balaban J connectivity index is 0.760. The van der Waals surface area contributed by atoms with Crippen molar-refractivity contribution >= 4 is 11.8 Å². The molecule has 13 heteroatoms. The standard InChI is InChI=1S/C44H69NO11S/c1-24-20-45(29-22-57-23-29)14-10-37(51-24)55-40-25(2)53-39(19-35(40)47)56-41-26(3)52-38(18-34(41)46)54-30-8-12-42(4)28(16-30)6-7-32-33(42)17-36(48)43(5)31(9-13-44(32,43)49)27-11-15-50-21-27/h11,15,21,24-26,28-41,46-49H,6-10,12-14,16-20,22-23H2,1-5H3/t24?,25-,26-,28-,30+,31-,32-,33+,34+,35+,36-,37?,38+,39+,40-,41-,42+,43+,44+/m1/s1. The summed E-state index contributed by atoms with van der Waals surface area (Å²) in [7, 11) is 0. The molecule has 8 aliphatic rings. The van der Waals surface area contributed by atoms with E-state index in [1.165, 1.54) is 11.5 Å². The maximum Gasteiger partial charge on any atom is 0.161 e. The molecule has 5 heterocycles. The average molecular weight is 820 g/mol. The molecule has 19 atom stereocenters. The molecule has 0 spiro atoms. The van der Waals surface area contributed by atoms with Gasteiger partial charge in [0.15, 0.2) is 18.9 Å². The number of aliphatic hydroxyl groups excluding tert-OH is 3. The number of aliphatic hydroxyl groups is 4. The number of furan rings is 1. The topological polar surface area (TPSA) is 153 Å². The zero-order chi connectivity index (χ0) is 39.9. The predicted molar refractivity (Wildman–Crippen MR) is 212 cm³/mol. The number of thioether (sulfide) groups is 1. The lowest BCUT2D eigenvalue weighted by Gasteiger charge is -2.65. The van der Waals surface area contributed by atoms with Crippen molar-refractivity contribution in [2.75, 3.05) is 24.6 Å². The first kappa shape index (κ1) is 41.5. The number of nitrogens with zero attached hydrogens (tertiary/aromatic N) is 1. The Morgan fingerprint density at radius 3 is 2.12 bits per heavy atom. The van der Waals surface area contributed by atoms with Crippen LogP contribution in [0.25, 0.3) is 0 Å². The summed E-state index contributed by atoms with van der Waals surface area (Å²) >= 11 is 1.99. The van der Waals surface area contributed by atoms with Crippen LogP contribution in [0.3, 0.4) is 0 Å². The lowest BCUT2D eigenvalue weighted by molar-refractivity contribution is -0.329. The highest BCUT2D eigenvalue weighted by Crippen LogP contribution is 2.70. The van der Waals surface area contributed by atoms with Crippen molar-refractivity contribution in [3.63, 3.8) is 0 Å². The number of hydrogen-bond acceptors (Lipinski definition) is 13. The van der Waals surface area contributed by atoms with Crippen molar-refractivity contribution in [3.8, 4) is 0 Å². The molecule has 4 saturated carbocycles. The summed E-state index contributed by atoms with van der Waals surface area (Å²) in [5, 5.41) is 47.1. The average Bonchev–Trinajstić information content (AvgIpc) is 3.71. The summed E-state index contributed by atoms with van der Waals surface area (Å²) in [6.07, 6.45) is 5.93. The second kappa shape index (κ2) is 16.1. The summed E-state index contributed by atoms with van der Waals surface area (Å²) in [5.74, 6) is 3.27. The van der Waals surface area contributed by atoms with Crippen molar-refractivity contribution in [3.05, 3.63) is 24.2 Å². The lowest BCUT2D eigenvalue weighted by atomic mass is 9.42. The van der Waals surface area contributed by atoms with Crippen LogP contribution in [0, 0.1) is 28.6 Å². The molecule has 8 fully saturated rings. The molecule has 322 valence electrons. The van der Waals surface area contributed by atoms with Crippen molar-refractivity contribution in [1.29, 1.82) is 0 Å². The van der Waals surface area contributed by atoms with Crippen LogP contribution in [0.4, 0.5) is 0 Å². The Bertz CT molecular complexity index is 1490. The van der Waals surface area contributed by atoms with E-state index in [0.717, 1.165) is 63.6 Å². The van der Waals surface area contributed by atoms with E-state index in [2.05, 4.69) is 25.7 Å². The molecule has 0 amide bonds. The van der Waals surface area contributed by atoms with Crippen LogP contribution in [-0.4, -0.2) is 135 Å². The van der Waals surface area contributed by atoms with E-state index in [1.807, 2.05) is 31.7 Å². The summed E-state index contributed by atoms with van der Waals surface area (Å²) in [5.41, 5.74) is -0.411. The summed E-state index contributed by atoms with van der Waals surface area (Å²) < 4.78 is 43.7. The Kier molecular flexibility index (Phi) is 11.8. The van der Waals surface area contributed by atoms with Gasteiger partial charge in [-0.25, -0.2) is 0 Å². The molecule has 1 aromatic rings. The third-order valence-electron chi connectivity index (χ3n) is 16.8. The third-order valence-corrected chi connectivity index (χ3v) is 18.0. The Hall–Kier alpha value is -0.810. The molecule has 4 aliphatic heterocycles. The van der Waals surface area contributed by atoms with Gasteiger partial charge in [0.05, 0.1) is 60.9 Å².